The number of nitrogens with one attached hydrogen (secondary N) is 1. The van der Waals surface area contributed by atoms with Crippen LogP contribution in [0.25, 0.3) is 11.0 Å². The molecule has 2 aromatic rings. The number of aryl methyl sites for hydroxylation is 1. The lowest BCUT2D eigenvalue weighted by Crippen LogP contribution is -2.33. The third-order valence-corrected chi connectivity index (χ3v) is 4.53. The highest BCUT2D eigenvalue weighted by atomic mass is 35.5. The van der Waals surface area contributed by atoms with Crippen LogP contribution >= 0.6 is 11.6 Å². The average Bonchev–Trinajstić information content (AvgIpc) is 2.54. The zero-order valence-corrected chi connectivity index (χ0v) is 13.5. The van der Waals surface area contributed by atoms with Crippen LogP contribution < -0.4 is 15.7 Å². The number of benzene rings is 1. The molecule has 118 valence electrons. The fraction of sp³-hybridized carbons (Fsp3) is 0.438. The number of rotatable bonds is 2. The largest absolute Gasteiger partial charge is 0.494 e. The highest BCUT2D eigenvalue weighted by Crippen LogP contribution is 2.41. The molecule has 0 spiro atoms. The molecule has 6 heteroatoms. The lowest BCUT2D eigenvalue weighted by atomic mass is 10.0. The average molecular weight is 324 g/mol. The molecule has 1 atom stereocenters. The summed E-state index contributed by atoms with van der Waals surface area (Å²) in [5.74, 6) is 0.521. The molecule has 0 saturated carbocycles. The summed E-state index contributed by atoms with van der Waals surface area (Å²) in [5, 5.41) is 4.49. The Balaban J connectivity index is 2.30. The Bertz CT molecular complexity index is 778. The molecule has 22 heavy (non-hydrogen) atoms. The van der Waals surface area contributed by atoms with Crippen molar-refractivity contribution in [2.45, 2.75) is 20.0 Å². The van der Waals surface area contributed by atoms with Gasteiger partial charge in [-0.15, -0.1) is 0 Å². The first-order valence-corrected chi connectivity index (χ1v) is 7.55. The van der Waals surface area contributed by atoms with Crippen molar-refractivity contribution in [3.63, 3.8) is 0 Å². The number of fused-ring (bicyclic) bond motifs is 1. The van der Waals surface area contributed by atoms with Gasteiger partial charge in [-0.1, -0.05) is 11.6 Å². The van der Waals surface area contributed by atoms with Crippen LogP contribution in [0.1, 0.15) is 22.8 Å². The first-order chi connectivity index (χ1) is 10.5. The van der Waals surface area contributed by atoms with Crippen molar-refractivity contribution in [2.24, 2.45) is 0 Å². The van der Waals surface area contributed by atoms with Gasteiger partial charge >= 0.3 is 5.63 Å². The molecular weight excluding hydrogens is 306 g/mol. The van der Waals surface area contributed by atoms with E-state index in [0.717, 1.165) is 23.1 Å². The van der Waals surface area contributed by atoms with Crippen LogP contribution in [0, 0.1) is 13.8 Å². The van der Waals surface area contributed by atoms with Crippen LogP contribution in [-0.2, 0) is 4.74 Å². The van der Waals surface area contributed by atoms with Gasteiger partial charge in [-0.3, -0.25) is 0 Å². The monoisotopic (exact) mass is 323 g/mol. The summed E-state index contributed by atoms with van der Waals surface area (Å²) in [6, 6.07) is 1.78. The Morgan fingerprint density at radius 2 is 2.14 bits per heavy atom. The SMILES string of the molecule is COc1c(Cl)c(C2CNCCO2)cc2oc(=O)c(C)c(C)c12. The number of hydrogen-bond acceptors (Lipinski definition) is 5. The zero-order chi connectivity index (χ0) is 15.9. The fourth-order valence-electron chi connectivity index (χ4n) is 2.77. The van der Waals surface area contributed by atoms with Crippen LogP contribution in [-0.4, -0.2) is 26.8 Å². The molecule has 1 unspecified atom stereocenters. The summed E-state index contributed by atoms with van der Waals surface area (Å²) < 4.78 is 16.7. The van der Waals surface area contributed by atoms with Crippen molar-refractivity contribution >= 4 is 22.6 Å². The van der Waals surface area contributed by atoms with Crippen molar-refractivity contribution in [2.75, 3.05) is 26.8 Å². The molecule has 3 rings (SSSR count). The normalized spacial score (nSPS) is 18.6. The fourth-order valence-corrected chi connectivity index (χ4v) is 3.12. The second kappa shape index (κ2) is 5.91. The minimum absolute atomic E-state index is 0.188. The number of ether oxygens (including phenoxy) is 2. The summed E-state index contributed by atoms with van der Waals surface area (Å²) in [4.78, 5) is 11.9. The maximum absolute atomic E-state index is 11.9. The molecule has 0 bridgehead atoms. The molecule has 0 aliphatic carbocycles. The molecule has 0 amide bonds. The zero-order valence-electron chi connectivity index (χ0n) is 12.8. The van der Waals surface area contributed by atoms with Gasteiger partial charge in [-0.05, 0) is 25.5 Å². The van der Waals surface area contributed by atoms with E-state index in [-0.39, 0.29) is 11.7 Å². The van der Waals surface area contributed by atoms with Crippen LogP contribution in [0.15, 0.2) is 15.3 Å². The molecule has 0 radical (unpaired) electrons. The topological polar surface area (TPSA) is 60.7 Å². The predicted molar refractivity (Wildman–Crippen MR) is 85.1 cm³/mol. The van der Waals surface area contributed by atoms with Gasteiger partial charge < -0.3 is 19.2 Å². The maximum atomic E-state index is 11.9. The smallest absolute Gasteiger partial charge is 0.339 e. The second-order valence-corrected chi connectivity index (χ2v) is 5.77. The third-order valence-electron chi connectivity index (χ3n) is 4.14. The van der Waals surface area contributed by atoms with Crippen LogP contribution in [0.2, 0.25) is 5.02 Å². The van der Waals surface area contributed by atoms with Crippen LogP contribution in [0.5, 0.6) is 5.75 Å². The van der Waals surface area contributed by atoms with Gasteiger partial charge in [0.15, 0.2) is 0 Å². The van der Waals surface area contributed by atoms with Gasteiger partial charge in [0.05, 0.1) is 30.2 Å². The molecule has 2 heterocycles. The number of halogens is 1. The predicted octanol–water partition coefficient (Wildman–Crippen LogP) is 2.73. The van der Waals surface area contributed by atoms with E-state index in [1.165, 1.54) is 0 Å². The van der Waals surface area contributed by atoms with E-state index >= 15 is 0 Å². The highest BCUT2D eigenvalue weighted by molar-refractivity contribution is 6.34. The number of morpholine rings is 1. The van der Waals surface area contributed by atoms with Crippen molar-refractivity contribution in [3.8, 4) is 5.75 Å². The van der Waals surface area contributed by atoms with E-state index in [4.69, 9.17) is 25.5 Å². The minimum Gasteiger partial charge on any atom is -0.494 e. The van der Waals surface area contributed by atoms with E-state index in [1.54, 1.807) is 20.1 Å². The summed E-state index contributed by atoms with van der Waals surface area (Å²) in [6.45, 7) is 5.68. The van der Waals surface area contributed by atoms with Crippen molar-refractivity contribution < 1.29 is 13.9 Å². The van der Waals surface area contributed by atoms with E-state index in [0.29, 0.717) is 35.1 Å². The van der Waals surface area contributed by atoms with Crippen LogP contribution in [0.3, 0.4) is 0 Å². The molecular formula is C16H18ClNO4. The van der Waals surface area contributed by atoms with E-state index in [1.807, 2.05) is 6.92 Å². The van der Waals surface area contributed by atoms with E-state index in [9.17, 15) is 4.79 Å². The summed E-state index contributed by atoms with van der Waals surface area (Å²) >= 11 is 6.53. The highest BCUT2D eigenvalue weighted by Gasteiger charge is 2.25. The van der Waals surface area contributed by atoms with Crippen LogP contribution in [0.4, 0.5) is 0 Å². The summed E-state index contributed by atoms with van der Waals surface area (Å²) in [7, 11) is 1.56. The molecule has 5 nitrogen and oxygen atoms in total. The maximum Gasteiger partial charge on any atom is 0.339 e. The molecule has 1 N–H and O–H groups in total. The Morgan fingerprint density at radius 1 is 1.36 bits per heavy atom. The van der Waals surface area contributed by atoms with Crippen molar-refractivity contribution in [1.29, 1.82) is 0 Å². The first kappa shape index (κ1) is 15.3. The van der Waals surface area contributed by atoms with Crippen molar-refractivity contribution in [3.05, 3.63) is 38.2 Å². The van der Waals surface area contributed by atoms with Crippen molar-refractivity contribution in [1.82, 2.24) is 5.32 Å². The van der Waals surface area contributed by atoms with Gasteiger partial charge in [0.1, 0.15) is 11.3 Å². The van der Waals surface area contributed by atoms with Gasteiger partial charge in [0.2, 0.25) is 0 Å². The molecule has 1 aliphatic rings. The summed E-state index contributed by atoms with van der Waals surface area (Å²) in [5.41, 5.74) is 2.27. The van der Waals surface area contributed by atoms with E-state index < -0.39 is 0 Å². The Kier molecular flexibility index (Phi) is 4.12. The molecule has 1 fully saturated rings. The number of hydrogen-bond donors (Lipinski definition) is 1. The molecule has 1 aliphatic heterocycles. The Hall–Kier alpha value is -1.56. The first-order valence-electron chi connectivity index (χ1n) is 7.17. The number of methoxy groups -OCH3 is 1. The lowest BCUT2D eigenvalue weighted by molar-refractivity contribution is 0.0277. The lowest BCUT2D eigenvalue weighted by Gasteiger charge is -2.25. The van der Waals surface area contributed by atoms with Gasteiger partial charge in [-0.2, -0.15) is 0 Å². The molecule has 1 aromatic carbocycles. The van der Waals surface area contributed by atoms with Gasteiger partial charge in [0.25, 0.3) is 0 Å². The van der Waals surface area contributed by atoms with E-state index in [2.05, 4.69) is 5.32 Å². The van der Waals surface area contributed by atoms with Gasteiger partial charge in [0, 0.05) is 24.2 Å². The minimum atomic E-state index is -0.344. The standard InChI is InChI=1S/C16H18ClNO4/c1-8-9(2)16(19)22-11-6-10(12-7-18-4-5-21-12)14(17)15(20-3)13(8)11/h6,12,18H,4-5,7H2,1-3H3. The van der Waals surface area contributed by atoms with Gasteiger partial charge in [-0.25, -0.2) is 4.79 Å². The Labute approximate surface area is 133 Å². The second-order valence-electron chi connectivity index (χ2n) is 5.39. The molecule has 1 aromatic heterocycles. The summed E-state index contributed by atoms with van der Waals surface area (Å²) in [6.07, 6.45) is -0.188. The Morgan fingerprint density at radius 3 is 2.77 bits per heavy atom. The third kappa shape index (κ3) is 2.39. The quantitative estimate of drug-likeness (QED) is 0.861. The molecule has 1 saturated heterocycles.